The lowest BCUT2D eigenvalue weighted by Crippen LogP contribution is -2.31. The summed E-state index contributed by atoms with van der Waals surface area (Å²) in [6.45, 7) is 0.866. The van der Waals surface area contributed by atoms with E-state index < -0.39 is 5.97 Å². The molecule has 0 atom stereocenters. The van der Waals surface area contributed by atoms with Gasteiger partial charge in [0.1, 0.15) is 6.54 Å². The van der Waals surface area contributed by atoms with Gasteiger partial charge in [0.15, 0.2) is 0 Å². The third-order valence-electron chi connectivity index (χ3n) is 3.47. The van der Waals surface area contributed by atoms with E-state index in [0.29, 0.717) is 5.92 Å². The zero-order valence-electron chi connectivity index (χ0n) is 10.6. The van der Waals surface area contributed by atoms with Gasteiger partial charge in [0.05, 0.1) is 5.52 Å². The average Bonchev–Trinajstić information content (AvgIpc) is 3.21. The number of carboxylic acids is 1. The van der Waals surface area contributed by atoms with E-state index in [1.54, 1.807) is 6.20 Å². The summed E-state index contributed by atoms with van der Waals surface area (Å²) in [6, 6.07) is 9.77. The van der Waals surface area contributed by atoms with Gasteiger partial charge in [-0.2, -0.15) is 0 Å². The summed E-state index contributed by atoms with van der Waals surface area (Å²) in [6.07, 6.45) is 4.16. The van der Waals surface area contributed by atoms with Crippen LogP contribution >= 0.6 is 0 Å². The van der Waals surface area contributed by atoms with Crippen molar-refractivity contribution in [2.24, 2.45) is 5.92 Å². The first-order valence-corrected chi connectivity index (χ1v) is 6.54. The molecule has 0 bridgehead atoms. The van der Waals surface area contributed by atoms with Gasteiger partial charge in [0.2, 0.25) is 0 Å². The fourth-order valence-corrected chi connectivity index (χ4v) is 2.38. The summed E-state index contributed by atoms with van der Waals surface area (Å²) in [7, 11) is 0. The standard InChI is InChI=1S/C15H16N2O2/c18-15(19)10-17(9-11-5-6-11)14-7-8-16-13-4-2-1-3-12(13)14/h1-4,7-8,11H,5-6,9-10H2,(H,18,19). The van der Waals surface area contributed by atoms with Crippen LogP contribution in [0.15, 0.2) is 36.5 Å². The number of pyridine rings is 1. The maximum absolute atomic E-state index is 11.1. The Labute approximate surface area is 111 Å². The molecule has 4 heteroatoms. The summed E-state index contributed by atoms with van der Waals surface area (Å²) >= 11 is 0. The van der Waals surface area contributed by atoms with Gasteiger partial charge in [-0.15, -0.1) is 0 Å². The van der Waals surface area contributed by atoms with E-state index in [-0.39, 0.29) is 6.54 Å². The number of para-hydroxylation sites is 1. The molecule has 1 aromatic carbocycles. The van der Waals surface area contributed by atoms with Crippen molar-refractivity contribution in [3.8, 4) is 0 Å². The van der Waals surface area contributed by atoms with Crippen LogP contribution in [0.25, 0.3) is 10.9 Å². The number of benzene rings is 1. The lowest BCUT2D eigenvalue weighted by atomic mass is 10.1. The van der Waals surface area contributed by atoms with Gasteiger partial charge < -0.3 is 10.0 Å². The minimum Gasteiger partial charge on any atom is -0.480 e. The van der Waals surface area contributed by atoms with Crippen LogP contribution in [0.5, 0.6) is 0 Å². The number of nitrogens with zero attached hydrogens (tertiary/aromatic N) is 2. The highest BCUT2D eigenvalue weighted by molar-refractivity contribution is 5.92. The third kappa shape index (κ3) is 2.67. The molecule has 1 saturated carbocycles. The van der Waals surface area contributed by atoms with Gasteiger partial charge in [-0.3, -0.25) is 9.78 Å². The van der Waals surface area contributed by atoms with E-state index in [2.05, 4.69) is 4.98 Å². The van der Waals surface area contributed by atoms with Crippen molar-refractivity contribution >= 4 is 22.6 Å². The molecule has 1 N–H and O–H groups in total. The zero-order valence-corrected chi connectivity index (χ0v) is 10.6. The predicted molar refractivity (Wildman–Crippen MR) is 74.3 cm³/mol. The fourth-order valence-electron chi connectivity index (χ4n) is 2.38. The van der Waals surface area contributed by atoms with Crippen LogP contribution in [0.1, 0.15) is 12.8 Å². The molecule has 0 saturated heterocycles. The lowest BCUT2D eigenvalue weighted by Gasteiger charge is -2.24. The quantitative estimate of drug-likeness (QED) is 0.893. The van der Waals surface area contributed by atoms with Crippen molar-refractivity contribution in [3.05, 3.63) is 36.5 Å². The summed E-state index contributed by atoms with van der Waals surface area (Å²) in [5, 5.41) is 10.1. The molecule has 2 aromatic rings. The first-order valence-electron chi connectivity index (χ1n) is 6.54. The maximum atomic E-state index is 11.1. The van der Waals surface area contributed by atoms with Gasteiger partial charge >= 0.3 is 5.97 Å². The van der Waals surface area contributed by atoms with Crippen molar-refractivity contribution in [1.82, 2.24) is 4.98 Å². The van der Waals surface area contributed by atoms with Gasteiger partial charge in [0.25, 0.3) is 0 Å². The molecule has 1 aliphatic carbocycles. The van der Waals surface area contributed by atoms with Gasteiger partial charge in [0, 0.05) is 23.8 Å². The molecule has 1 aromatic heterocycles. The molecular formula is C15H16N2O2. The molecule has 0 radical (unpaired) electrons. The molecule has 0 unspecified atom stereocenters. The normalized spacial score (nSPS) is 14.5. The molecular weight excluding hydrogens is 240 g/mol. The topological polar surface area (TPSA) is 53.4 Å². The Hall–Kier alpha value is -2.10. The highest BCUT2D eigenvalue weighted by Crippen LogP contribution is 2.33. The summed E-state index contributed by atoms with van der Waals surface area (Å²) < 4.78 is 0. The smallest absolute Gasteiger partial charge is 0.323 e. The van der Waals surface area contributed by atoms with E-state index in [1.807, 2.05) is 35.2 Å². The monoisotopic (exact) mass is 256 g/mol. The second-order valence-corrected chi connectivity index (χ2v) is 5.06. The highest BCUT2D eigenvalue weighted by atomic mass is 16.4. The predicted octanol–water partition coefficient (Wildman–Crippen LogP) is 2.54. The molecule has 0 amide bonds. The molecule has 0 aliphatic heterocycles. The SMILES string of the molecule is O=C(O)CN(CC1CC1)c1ccnc2ccccc12. The van der Waals surface area contributed by atoms with Crippen LogP contribution in [0.2, 0.25) is 0 Å². The van der Waals surface area contributed by atoms with E-state index >= 15 is 0 Å². The van der Waals surface area contributed by atoms with E-state index in [0.717, 1.165) is 23.1 Å². The van der Waals surface area contributed by atoms with Crippen LogP contribution in [-0.4, -0.2) is 29.1 Å². The van der Waals surface area contributed by atoms with Crippen molar-refractivity contribution in [2.75, 3.05) is 18.0 Å². The van der Waals surface area contributed by atoms with Crippen molar-refractivity contribution in [1.29, 1.82) is 0 Å². The number of hydrogen-bond donors (Lipinski definition) is 1. The average molecular weight is 256 g/mol. The zero-order chi connectivity index (χ0) is 13.2. The Balaban J connectivity index is 2.00. The number of carbonyl (C=O) groups is 1. The van der Waals surface area contributed by atoms with E-state index in [1.165, 1.54) is 12.8 Å². The summed E-state index contributed by atoms with van der Waals surface area (Å²) in [4.78, 5) is 17.4. The molecule has 3 rings (SSSR count). The molecule has 4 nitrogen and oxygen atoms in total. The summed E-state index contributed by atoms with van der Waals surface area (Å²) in [5.41, 5.74) is 1.88. The Morgan fingerprint density at radius 2 is 2.11 bits per heavy atom. The van der Waals surface area contributed by atoms with Crippen LogP contribution < -0.4 is 4.90 Å². The maximum Gasteiger partial charge on any atom is 0.323 e. The molecule has 0 spiro atoms. The molecule has 1 aliphatic rings. The van der Waals surface area contributed by atoms with Crippen molar-refractivity contribution < 1.29 is 9.90 Å². The van der Waals surface area contributed by atoms with Crippen LogP contribution in [0.4, 0.5) is 5.69 Å². The number of hydrogen-bond acceptors (Lipinski definition) is 3. The molecule has 1 fully saturated rings. The lowest BCUT2D eigenvalue weighted by molar-refractivity contribution is -0.135. The number of aliphatic carboxylic acids is 1. The first kappa shape index (κ1) is 12.0. The van der Waals surface area contributed by atoms with E-state index in [4.69, 9.17) is 5.11 Å². The van der Waals surface area contributed by atoms with E-state index in [9.17, 15) is 4.79 Å². The third-order valence-corrected chi connectivity index (χ3v) is 3.47. The second kappa shape index (κ2) is 4.88. The van der Waals surface area contributed by atoms with Gasteiger partial charge in [-0.05, 0) is 30.9 Å². The summed E-state index contributed by atoms with van der Waals surface area (Å²) in [5.74, 6) is -0.146. The Morgan fingerprint density at radius 1 is 1.32 bits per heavy atom. The van der Waals surface area contributed by atoms with Crippen molar-refractivity contribution in [2.45, 2.75) is 12.8 Å². The van der Waals surface area contributed by atoms with Crippen molar-refractivity contribution in [3.63, 3.8) is 0 Å². The number of rotatable bonds is 5. The number of aromatic nitrogens is 1. The van der Waals surface area contributed by atoms with Crippen LogP contribution in [-0.2, 0) is 4.79 Å². The second-order valence-electron chi connectivity index (χ2n) is 5.06. The first-order chi connectivity index (χ1) is 9.24. The number of fused-ring (bicyclic) bond motifs is 1. The van der Waals surface area contributed by atoms with Gasteiger partial charge in [-0.25, -0.2) is 0 Å². The molecule has 98 valence electrons. The Bertz CT molecular complexity index is 603. The molecule has 19 heavy (non-hydrogen) atoms. The fraction of sp³-hybridized carbons (Fsp3) is 0.333. The number of anilines is 1. The van der Waals surface area contributed by atoms with Crippen LogP contribution in [0.3, 0.4) is 0 Å². The Morgan fingerprint density at radius 3 is 2.84 bits per heavy atom. The minimum atomic E-state index is -0.790. The molecule has 1 heterocycles. The van der Waals surface area contributed by atoms with Gasteiger partial charge in [-0.1, -0.05) is 18.2 Å². The number of carboxylic acid groups (broad SMARTS) is 1. The Kier molecular flexibility index (Phi) is 3.07. The largest absolute Gasteiger partial charge is 0.480 e. The van der Waals surface area contributed by atoms with Crippen LogP contribution in [0, 0.1) is 5.92 Å². The minimum absolute atomic E-state index is 0.0461. The highest BCUT2D eigenvalue weighted by Gasteiger charge is 2.26.